The highest BCUT2D eigenvalue weighted by Gasteiger charge is 2.08. The number of hydrogen-bond acceptors (Lipinski definition) is 3. The van der Waals surface area contributed by atoms with Crippen LogP contribution in [-0.4, -0.2) is 36.0 Å². The Hall–Kier alpha value is 0.400. The molecule has 1 aliphatic heterocycles. The Morgan fingerprint density at radius 3 is 2.20 bits per heavy atom. The van der Waals surface area contributed by atoms with Crippen molar-refractivity contribution in [2.24, 2.45) is 0 Å². The molecule has 0 radical (unpaired) electrons. The molecule has 0 saturated carbocycles. The van der Waals surface area contributed by atoms with E-state index in [-0.39, 0.29) is 0 Å². The Morgan fingerprint density at radius 1 is 1.07 bits per heavy atom. The fraction of sp³-hybridized carbons (Fsp3) is 0.833. The molecule has 0 amide bonds. The maximum absolute atomic E-state index is 2.58. The number of rotatable bonds is 6. The summed E-state index contributed by atoms with van der Waals surface area (Å²) in [6.45, 7) is 8.23. The molecule has 0 aromatic rings. The summed E-state index contributed by atoms with van der Waals surface area (Å²) in [4.78, 5) is 2.58. The van der Waals surface area contributed by atoms with Crippen molar-refractivity contribution in [3.8, 4) is 0 Å². The lowest BCUT2D eigenvalue weighted by molar-refractivity contribution is 0.251. The van der Waals surface area contributed by atoms with E-state index >= 15 is 0 Å². The van der Waals surface area contributed by atoms with Crippen molar-refractivity contribution in [2.75, 3.05) is 31.1 Å². The van der Waals surface area contributed by atoms with Gasteiger partial charge < -0.3 is 0 Å². The van der Waals surface area contributed by atoms with E-state index < -0.39 is 0 Å². The lowest BCUT2D eigenvalue weighted by Crippen LogP contribution is -2.29. The van der Waals surface area contributed by atoms with Crippen molar-refractivity contribution in [1.82, 2.24) is 4.90 Å². The van der Waals surface area contributed by atoms with Crippen molar-refractivity contribution in [3.05, 3.63) is 10.3 Å². The van der Waals surface area contributed by atoms with E-state index in [1.807, 2.05) is 23.5 Å². The summed E-state index contributed by atoms with van der Waals surface area (Å²) in [5.41, 5.74) is 0. The Morgan fingerprint density at radius 2 is 1.67 bits per heavy atom. The zero-order chi connectivity index (χ0) is 10.9. The fourth-order valence-electron chi connectivity index (χ4n) is 1.79. The first-order valence-electron chi connectivity index (χ1n) is 6.05. The second-order valence-electron chi connectivity index (χ2n) is 3.75. The average Bonchev–Trinajstić information content (AvgIpc) is 2.28. The van der Waals surface area contributed by atoms with Crippen molar-refractivity contribution < 1.29 is 0 Å². The molecule has 1 aliphatic rings. The van der Waals surface area contributed by atoms with Crippen LogP contribution < -0.4 is 0 Å². The predicted molar refractivity (Wildman–Crippen MR) is 74.6 cm³/mol. The summed E-state index contributed by atoms with van der Waals surface area (Å²) < 4.78 is 1.52. The van der Waals surface area contributed by atoms with Crippen LogP contribution in [0, 0.1) is 0 Å². The van der Waals surface area contributed by atoms with E-state index in [4.69, 9.17) is 0 Å². The number of thioether (sulfide) groups is 2. The first kappa shape index (κ1) is 13.5. The molecule has 0 spiro atoms. The van der Waals surface area contributed by atoms with Crippen molar-refractivity contribution in [1.29, 1.82) is 0 Å². The lowest BCUT2D eigenvalue weighted by atomic mass is 10.1. The molecule has 3 heteroatoms. The SMILES string of the molecule is CCSC(=CCN1CCCCC1)SCC. The molecule has 0 N–H and O–H groups in total. The molecule has 0 bridgehead atoms. The largest absolute Gasteiger partial charge is 0.300 e. The van der Waals surface area contributed by atoms with Crippen LogP contribution in [0.4, 0.5) is 0 Å². The Labute approximate surface area is 103 Å². The molecule has 1 rings (SSSR count). The molecule has 1 saturated heterocycles. The Kier molecular flexibility index (Phi) is 7.67. The molecule has 0 aromatic heterocycles. The minimum atomic E-state index is 1.16. The van der Waals surface area contributed by atoms with Gasteiger partial charge in [-0.3, -0.25) is 4.90 Å². The highest BCUT2D eigenvalue weighted by atomic mass is 32.2. The van der Waals surface area contributed by atoms with Crippen LogP contribution in [0.15, 0.2) is 10.3 Å². The summed E-state index contributed by atoms with van der Waals surface area (Å²) in [7, 11) is 0. The smallest absolute Gasteiger partial charge is 0.0373 e. The highest BCUT2D eigenvalue weighted by Crippen LogP contribution is 2.27. The topological polar surface area (TPSA) is 3.24 Å². The van der Waals surface area contributed by atoms with Gasteiger partial charge >= 0.3 is 0 Å². The van der Waals surface area contributed by atoms with Crippen molar-refractivity contribution in [3.63, 3.8) is 0 Å². The summed E-state index contributed by atoms with van der Waals surface area (Å²) >= 11 is 3.97. The standard InChI is InChI=1S/C12H23NS2/c1-3-14-12(15-4-2)8-11-13-9-6-5-7-10-13/h8H,3-7,9-11H2,1-2H3. The van der Waals surface area contributed by atoms with Gasteiger partial charge in [0.15, 0.2) is 0 Å². The predicted octanol–water partition coefficient (Wildman–Crippen LogP) is 3.82. The summed E-state index contributed by atoms with van der Waals surface area (Å²) in [5, 5.41) is 0. The van der Waals surface area contributed by atoms with Gasteiger partial charge in [0, 0.05) is 10.8 Å². The van der Waals surface area contributed by atoms with Gasteiger partial charge in [0.1, 0.15) is 0 Å². The third kappa shape index (κ3) is 5.88. The van der Waals surface area contributed by atoms with E-state index in [1.165, 1.54) is 48.1 Å². The van der Waals surface area contributed by atoms with Gasteiger partial charge in [-0.25, -0.2) is 0 Å². The third-order valence-corrected chi connectivity index (χ3v) is 4.72. The average molecular weight is 245 g/mol. The van der Waals surface area contributed by atoms with Crippen LogP contribution in [0.3, 0.4) is 0 Å². The minimum Gasteiger partial charge on any atom is -0.300 e. The van der Waals surface area contributed by atoms with Crippen LogP contribution in [0.2, 0.25) is 0 Å². The van der Waals surface area contributed by atoms with Gasteiger partial charge in [-0.15, -0.1) is 23.5 Å². The van der Waals surface area contributed by atoms with E-state index in [1.54, 1.807) is 0 Å². The van der Waals surface area contributed by atoms with Gasteiger partial charge in [-0.05, 0) is 37.4 Å². The number of likely N-dealkylation sites (tertiary alicyclic amines) is 1. The molecule has 1 fully saturated rings. The molecule has 1 nitrogen and oxygen atoms in total. The zero-order valence-corrected chi connectivity index (χ0v) is 11.6. The molecule has 0 unspecified atom stereocenters. The quantitative estimate of drug-likeness (QED) is 0.700. The van der Waals surface area contributed by atoms with Gasteiger partial charge in [0.05, 0.1) is 0 Å². The molecular formula is C12H23NS2. The molecule has 1 heterocycles. The van der Waals surface area contributed by atoms with Gasteiger partial charge in [0.25, 0.3) is 0 Å². The van der Waals surface area contributed by atoms with E-state index in [2.05, 4.69) is 24.8 Å². The fourth-order valence-corrected chi connectivity index (χ4v) is 3.78. The van der Waals surface area contributed by atoms with Crippen LogP contribution in [0.5, 0.6) is 0 Å². The maximum Gasteiger partial charge on any atom is 0.0373 e. The third-order valence-electron chi connectivity index (χ3n) is 2.54. The number of nitrogens with zero attached hydrogens (tertiary/aromatic N) is 1. The summed E-state index contributed by atoms with van der Waals surface area (Å²) in [5.74, 6) is 2.39. The molecular weight excluding hydrogens is 222 g/mol. The molecule has 88 valence electrons. The van der Waals surface area contributed by atoms with Crippen LogP contribution in [0.1, 0.15) is 33.1 Å². The number of hydrogen-bond donors (Lipinski definition) is 0. The van der Waals surface area contributed by atoms with Gasteiger partial charge in [0.2, 0.25) is 0 Å². The van der Waals surface area contributed by atoms with E-state index in [0.717, 1.165) is 6.54 Å². The normalized spacial score (nSPS) is 17.7. The van der Waals surface area contributed by atoms with Crippen LogP contribution >= 0.6 is 23.5 Å². The van der Waals surface area contributed by atoms with Crippen molar-refractivity contribution in [2.45, 2.75) is 33.1 Å². The van der Waals surface area contributed by atoms with E-state index in [9.17, 15) is 0 Å². The first-order valence-corrected chi connectivity index (χ1v) is 8.02. The first-order chi connectivity index (χ1) is 7.36. The molecule has 0 atom stereocenters. The highest BCUT2D eigenvalue weighted by molar-refractivity contribution is 8.22. The number of piperidine rings is 1. The van der Waals surface area contributed by atoms with E-state index in [0.29, 0.717) is 0 Å². The van der Waals surface area contributed by atoms with Crippen LogP contribution in [-0.2, 0) is 0 Å². The van der Waals surface area contributed by atoms with Gasteiger partial charge in [-0.1, -0.05) is 26.3 Å². The summed E-state index contributed by atoms with van der Waals surface area (Å²) in [6, 6.07) is 0. The second kappa shape index (κ2) is 8.54. The summed E-state index contributed by atoms with van der Waals surface area (Å²) in [6.07, 6.45) is 6.64. The van der Waals surface area contributed by atoms with Crippen LogP contribution in [0.25, 0.3) is 0 Å². The molecule has 0 aromatic carbocycles. The molecule has 0 aliphatic carbocycles. The monoisotopic (exact) mass is 245 g/mol. The zero-order valence-electron chi connectivity index (χ0n) is 10.00. The van der Waals surface area contributed by atoms with Gasteiger partial charge in [-0.2, -0.15) is 0 Å². The second-order valence-corrected chi connectivity index (χ2v) is 6.62. The van der Waals surface area contributed by atoms with Crippen molar-refractivity contribution >= 4 is 23.5 Å². The maximum atomic E-state index is 2.58. The Bertz CT molecular complexity index is 178. The minimum absolute atomic E-state index is 1.16. The molecule has 15 heavy (non-hydrogen) atoms. The lowest BCUT2D eigenvalue weighted by Gasteiger charge is -2.25. The Balaban J connectivity index is 2.30.